The molecular formula is C15H24O2. The van der Waals surface area contributed by atoms with Crippen LogP contribution in [0.3, 0.4) is 0 Å². The van der Waals surface area contributed by atoms with Gasteiger partial charge in [-0.15, -0.1) is 0 Å². The number of rotatable bonds is 1. The molecule has 2 aliphatic rings. The molecule has 4 atom stereocenters. The van der Waals surface area contributed by atoms with Gasteiger partial charge < -0.3 is 10.2 Å². The van der Waals surface area contributed by atoms with Gasteiger partial charge >= 0.3 is 0 Å². The molecule has 2 rings (SSSR count). The van der Waals surface area contributed by atoms with Gasteiger partial charge in [0.05, 0.1) is 11.7 Å². The molecule has 0 spiro atoms. The number of fused-ring (bicyclic) bond motifs is 1. The van der Waals surface area contributed by atoms with Crippen molar-refractivity contribution in [2.45, 2.75) is 51.7 Å². The largest absolute Gasteiger partial charge is 0.390 e. The van der Waals surface area contributed by atoms with E-state index in [9.17, 15) is 10.2 Å². The summed E-state index contributed by atoms with van der Waals surface area (Å²) in [6, 6.07) is 0. The molecule has 1 saturated carbocycles. The van der Waals surface area contributed by atoms with E-state index in [0.29, 0.717) is 12.3 Å². The molecule has 0 saturated heterocycles. The van der Waals surface area contributed by atoms with Crippen molar-refractivity contribution >= 4 is 0 Å². The van der Waals surface area contributed by atoms with Gasteiger partial charge in [0.2, 0.25) is 0 Å². The summed E-state index contributed by atoms with van der Waals surface area (Å²) in [5.74, 6) is 0.799. The second-order valence-corrected chi connectivity index (χ2v) is 6.22. The van der Waals surface area contributed by atoms with Crippen molar-refractivity contribution < 1.29 is 10.2 Å². The van der Waals surface area contributed by atoms with Crippen LogP contribution in [0.4, 0.5) is 0 Å². The van der Waals surface area contributed by atoms with Crippen molar-refractivity contribution in [3.8, 4) is 0 Å². The highest BCUT2D eigenvalue weighted by Crippen LogP contribution is 2.48. The maximum atomic E-state index is 10.5. The SMILES string of the molecule is C=C1[C@@H](O)CC(C(C)C)=C[C@@H]2[C@H]1CC[C@]2(C)O. The first-order chi connectivity index (χ1) is 7.83. The lowest BCUT2D eigenvalue weighted by Crippen LogP contribution is -2.31. The Morgan fingerprint density at radius 2 is 2.12 bits per heavy atom. The number of aliphatic hydroxyl groups excluding tert-OH is 1. The first-order valence-electron chi connectivity index (χ1n) is 6.62. The second-order valence-electron chi connectivity index (χ2n) is 6.22. The third-order valence-corrected chi connectivity index (χ3v) is 4.58. The molecule has 2 nitrogen and oxygen atoms in total. The second kappa shape index (κ2) is 4.25. The molecule has 0 amide bonds. The summed E-state index contributed by atoms with van der Waals surface area (Å²) in [5, 5.41) is 20.6. The zero-order valence-electron chi connectivity index (χ0n) is 11.1. The van der Waals surface area contributed by atoms with Crippen LogP contribution in [0, 0.1) is 17.8 Å². The molecule has 2 heteroatoms. The van der Waals surface area contributed by atoms with Crippen molar-refractivity contribution in [3.05, 3.63) is 23.8 Å². The van der Waals surface area contributed by atoms with Crippen molar-refractivity contribution in [1.82, 2.24) is 0 Å². The summed E-state index contributed by atoms with van der Waals surface area (Å²) in [6.07, 6.45) is 4.20. The Morgan fingerprint density at radius 3 is 2.71 bits per heavy atom. The molecule has 0 unspecified atom stereocenters. The third kappa shape index (κ3) is 2.21. The molecule has 96 valence electrons. The van der Waals surface area contributed by atoms with Crippen LogP contribution < -0.4 is 0 Å². The Labute approximate surface area is 104 Å². The molecule has 2 aliphatic carbocycles. The van der Waals surface area contributed by atoms with E-state index in [2.05, 4.69) is 26.5 Å². The maximum absolute atomic E-state index is 10.5. The van der Waals surface area contributed by atoms with E-state index < -0.39 is 11.7 Å². The van der Waals surface area contributed by atoms with Crippen LogP contribution in [-0.2, 0) is 0 Å². The first-order valence-corrected chi connectivity index (χ1v) is 6.62. The predicted octanol–water partition coefficient (Wildman–Crippen LogP) is 2.67. The Bertz CT molecular complexity index is 352. The molecule has 1 fully saturated rings. The Morgan fingerprint density at radius 1 is 1.47 bits per heavy atom. The first kappa shape index (κ1) is 12.8. The smallest absolute Gasteiger partial charge is 0.0787 e. The minimum absolute atomic E-state index is 0.129. The summed E-state index contributed by atoms with van der Waals surface area (Å²) in [6.45, 7) is 10.3. The predicted molar refractivity (Wildman–Crippen MR) is 69.5 cm³/mol. The number of aliphatic hydroxyl groups is 2. The molecule has 0 aromatic rings. The van der Waals surface area contributed by atoms with Crippen LogP contribution in [0.25, 0.3) is 0 Å². The Balaban J connectivity index is 2.38. The van der Waals surface area contributed by atoms with E-state index in [1.165, 1.54) is 5.57 Å². The topological polar surface area (TPSA) is 40.5 Å². The molecule has 0 aliphatic heterocycles. The van der Waals surface area contributed by atoms with Crippen LogP contribution in [0.1, 0.15) is 40.0 Å². The maximum Gasteiger partial charge on any atom is 0.0787 e. The van der Waals surface area contributed by atoms with Gasteiger partial charge in [0.25, 0.3) is 0 Å². The number of hydrogen-bond acceptors (Lipinski definition) is 2. The van der Waals surface area contributed by atoms with Gasteiger partial charge in [0.15, 0.2) is 0 Å². The molecule has 0 heterocycles. The average molecular weight is 236 g/mol. The van der Waals surface area contributed by atoms with E-state index in [0.717, 1.165) is 18.4 Å². The molecule has 0 bridgehead atoms. The lowest BCUT2D eigenvalue weighted by atomic mass is 9.83. The van der Waals surface area contributed by atoms with Gasteiger partial charge in [-0.1, -0.05) is 32.1 Å². The van der Waals surface area contributed by atoms with Crippen LogP contribution in [0.2, 0.25) is 0 Å². The number of hydrogen-bond donors (Lipinski definition) is 2. The highest BCUT2D eigenvalue weighted by molar-refractivity contribution is 5.27. The van der Waals surface area contributed by atoms with Crippen LogP contribution in [-0.4, -0.2) is 21.9 Å². The van der Waals surface area contributed by atoms with Gasteiger partial charge in [-0.05, 0) is 43.6 Å². The zero-order chi connectivity index (χ0) is 12.8. The quantitative estimate of drug-likeness (QED) is 0.687. The van der Waals surface area contributed by atoms with Gasteiger partial charge in [-0.25, -0.2) is 0 Å². The highest BCUT2D eigenvalue weighted by Gasteiger charge is 2.46. The van der Waals surface area contributed by atoms with E-state index in [-0.39, 0.29) is 11.8 Å². The molecule has 0 aromatic heterocycles. The Kier molecular flexibility index (Phi) is 3.21. The summed E-state index contributed by atoms with van der Waals surface area (Å²) in [5.41, 5.74) is 1.53. The van der Waals surface area contributed by atoms with E-state index >= 15 is 0 Å². The van der Waals surface area contributed by atoms with Crippen molar-refractivity contribution in [3.63, 3.8) is 0 Å². The fourth-order valence-electron chi connectivity index (χ4n) is 3.27. The lowest BCUT2D eigenvalue weighted by Gasteiger charge is -2.27. The minimum Gasteiger partial charge on any atom is -0.390 e. The molecule has 2 N–H and O–H groups in total. The van der Waals surface area contributed by atoms with Crippen molar-refractivity contribution in [2.24, 2.45) is 17.8 Å². The van der Waals surface area contributed by atoms with Gasteiger partial charge in [-0.3, -0.25) is 0 Å². The summed E-state index contributed by atoms with van der Waals surface area (Å²) in [7, 11) is 0. The molecule has 0 aromatic carbocycles. The fourth-order valence-corrected chi connectivity index (χ4v) is 3.27. The van der Waals surface area contributed by atoms with E-state index in [1.807, 2.05) is 6.92 Å². The van der Waals surface area contributed by atoms with Crippen LogP contribution in [0.5, 0.6) is 0 Å². The molecule has 17 heavy (non-hydrogen) atoms. The van der Waals surface area contributed by atoms with Gasteiger partial charge in [-0.2, -0.15) is 0 Å². The van der Waals surface area contributed by atoms with E-state index in [1.54, 1.807) is 0 Å². The summed E-state index contributed by atoms with van der Waals surface area (Å²) >= 11 is 0. The van der Waals surface area contributed by atoms with E-state index in [4.69, 9.17) is 0 Å². The lowest BCUT2D eigenvalue weighted by molar-refractivity contribution is 0.0322. The average Bonchev–Trinajstić information content (AvgIpc) is 2.44. The summed E-state index contributed by atoms with van der Waals surface area (Å²) in [4.78, 5) is 0. The minimum atomic E-state index is -0.641. The normalized spacial score (nSPS) is 42.4. The molecule has 0 radical (unpaired) electrons. The van der Waals surface area contributed by atoms with Gasteiger partial charge in [0.1, 0.15) is 0 Å². The van der Waals surface area contributed by atoms with Gasteiger partial charge in [0, 0.05) is 5.92 Å². The monoisotopic (exact) mass is 236 g/mol. The zero-order valence-corrected chi connectivity index (χ0v) is 11.1. The fraction of sp³-hybridized carbons (Fsp3) is 0.733. The standard InChI is InChI=1S/C15H24O2/c1-9(2)11-7-13-12(5-6-15(13,4)17)10(3)14(16)8-11/h7,9,12-14,16-17H,3,5-6,8H2,1-2,4H3/t12-,13+,14-,15-/m0/s1. The highest BCUT2D eigenvalue weighted by atomic mass is 16.3. The Hall–Kier alpha value is -0.600. The van der Waals surface area contributed by atoms with Crippen LogP contribution in [0.15, 0.2) is 23.8 Å². The van der Waals surface area contributed by atoms with Crippen molar-refractivity contribution in [1.29, 1.82) is 0 Å². The van der Waals surface area contributed by atoms with Crippen molar-refractivity contribution in [2.75, 3.05) is 0 Å². The molecular weight excluding hydrogens is 212 g/mol. The summed E-state index contributed by atoms with van der Waals surface area (Å²) < 4.78 is 0. The van der Waals surface area contributed by atoms with Crippen LogP contribution >= 0.6 is 0 Å². The third-order valence-electron chi connectivity index (χ3n) is 4.58.